The molecule has 1 atom stereocenters. The molecule has 1 saturated heterocycles. The van der Waals surface area contributed by atoms with Crippen molar-refractivity contribution in [3.63, 3.8) is 0 Å². The average molecular weight is 454 g/mol. The molecule has 0 aliphatic carbocycles. The molecule has 1 fully saturated rings. The van der Waals surface area contributed by atoms with Gasteiger partial charge >= 0.3 is 0 Å². The number of hydrogen-bond donors (Lipinski definition) is 2. The van der Waals surface area contributed by atoms with Gasteiger partial charge in [0, 0.05) is 38.1 Å². The SMILES string of the molecule is CC(O)CCn1cc(C(=O)NCc2ccccc2)c(=O)c2c(F)cc(N3CCOCC3)cc21. The van der Waals surface area contributed by atoms with Crippen LogP contribution in [0.3, 0.4) is 0 Å². The minimum Gasteiger partial charge on any atom is -0.393 e. The number of ether oxygens (including phenoxy) is 1. The molecule has 174 valence electrons. The van der Waals surface area contributed by atoms with Gasteiger partial charge in [-0.25, -0.2) is 4.39 Å². The molecule has 1 aliphatic rings. The number of carbonyl (C=O) groups excluding carboxylic acids is 1. The number of rotatable bonds is 7. The molecule has 33 heavy (non-hydrogen) atoms. The fourth-order valence-corrected chi connectivity index (χ4v) is 4.00. The fourth-order valence-electron chi connectivity index (χ4n) is 4.00. The van der Waals surface area contributed by atoms with E-state index in [1.165, 1.54) is 12.3 Å². The number of nitrogens with zero attached hydrogens (tertiary/aromatic N) is 2. The van der Waals surface area contributed by atoms with Crippen LogP contribution in [0.15, 0.2) is 53.5 Å². The maximum absolute atomic E-state index is 15.3. The number of anilines is 1. The Morgan fingerprint density at radius 3 is 2.64 bits per heavy atom. The molecule has 1 aliphatic heterocycles. The van der Waals surface area contributed by atoms with Crippen LogP contribution in [0, 0.1) is 5.82 Å². The molecule has 0 saturated carbocycles. The van der Waals surface area contributed by atoms with Crippen molar-refractivity contribution in [3.05, 3.63) is 75.8 Å². The third kappa shape index (κ3) is 5.23. The van der Waals surface area contributed by atoms with Crippen LogP contribution in [0.25, 0.3) is 10.9 Å². The molecular formula is C25H28FN3O4. The van der Waals surface area contributed by atoms with Gasteiger partial charge in [0.15, 0.2) is 0 Å². The molecule has 0 spiro atoms. The normalized spacial score (nSPS) is 14.9. The van der Waals surface area contributed by atoms with Gasteiger partial charge in [-0.3, -0.25) is 9.59 Å². The van der Waals surface area contributed by atoms with E-state index in [9.17, 15) is 14.7 Å². The van der Waals surface area contributed by atoms with Gasteiger partial charge in [0.25, 0.3) is 5.91 Å². The van der Waals surface area contributed by atoms with E-state index in [1.807, 2.05) is 35.2 Å². The summed E-state index contributed by atoms with van der Waals surface area (Å²) in [6, 6.07) is 12.5. The van der Waals surface area contributed by atoms with Crippen LogP contribution in [-0.4, -0.2) is 48.0 Å². The van der Waals surface area contributed by atoms with Crippen LogP contribution >= 0.6 is 0 Å². The Bertz CT molecular complexity index is 1190. The quantitative estimate of drug-likeness (QED) is 0.575. The number of aliphatic hydroxyl groups is 1. The number of amides is 1. The summed E-state index contributed by atoms with van der Waals surface area (Å²) < 4.78 is 22.4. The van der Waals surface area contributed by atoms with E-state index in [0.717, 1.165) is 5.56 Å². The van der Waals surface area contributed by atoms with E-state index in [1.54, 1.807) is 17.6 Å². The second-order valence-electron chi connectivity index (χ2n) is 8.29. The number of halogens is 1. The van der Waals surface area contributed by atoms with Gasteiger partial charge in [0.05, 0.1) is 30.2 Å². The van der Waals surface area contributed by atoms with Crippen molar-refractivity contribution in [1.29, 1.82) is 0 Å². The van der Waals surface area contributed by atoms with Crippen LogP contribution in [-0.2, 0) is 17.8 Å². The Morgan fingerprint density at radius 2 is 1.94 bits per heavy atom. The number of aromatic nitrogens is 1. The van der Waals surface area contributed by atoms with Gasteiger partial charge in [-0.2, -0.15) is 0 Å². The summed E-state index contributed by atoms with van der Waals surface area (Å²) in [6.45, 7) is 4.61. The summed E-state index contributed by atoms with van der Waals surface area (Å²) in [5.41, 5.74) is 1.19. The largest absolute Gasteiger partial charge is 0.393 e. The Morgan fingerprint density at radius 1 is 1.21 bits per heavy atom. The number of nitrogens with one attached hydrogen (secondary N) is 1. The maximum Gasteiger partial charge on any atom is 0.257 e. The first-order chi connectivity index (χ1) is 15.9. The first kappa shape index (κ1) is 22.9. The van der Waals surface area contributed by atoms with Crippen molar-refractivity contribution in [3.8, 4) is 0 Å². The lowest BCUT2D eigenvalue weighted by Gasteiger charge is -2.29. The minimum atomic E-state index is -0.664. The second kappa shape index (κ2) is 10.1. The van der Waals surface area contributed by atoms with Crippen LogP contribution in [0.5, 0.6) is 0 Å². The number of pyridine rings is 1. The molecule has 7 nitrogen and oxygen atoms in total. The predicted octanol–water partition coefficient (Wildman–Crippen LogP) is 2.68. The van der Waals surface area contributed by atoms with Crippen molar-refractivity contribution in [1.82, 2.24) is 9.88 Å². The highest BCUT2D eigenvalue weighted by atomic mass is 19.1. The van der Waals surface area contributed by atoms with Crippen LogP contribution in [0.4, 0.5) is 10.1 Å². The molecule has 3 aromatic rings. The highest BCUT2D eigenvalue weighted by molar-refractivity contribution is 5.98. The predicted molar refractivity (Wildman–Crippen MR) is 125 cm³/mol. The van der Waals surface area contributed by atoms with E-state index in [-0.39, 0.29) is 17.5 Å². The molecule has 2 heterocycles. The van der Waals surface area contributed by atoms with Crippen molar-refractivity contribution in [2.45, 2.75) is 32.5 Å². The van der Waals surface area contributed by atoms with Gasteiger partial charge in [-0.05, 0) is 31.0 Å². The van der Waals surface area contributed by atoms with Crippen molar-refractivity contribution < 1.29 is 19.0 Å². The monoisotopic (exact) mass is 453 g/mol. The number of fused-ring (bicyclic) bond motifs is 1. The second-order valence-corrected chi connectivity index (χ2v) is 8.29. The van der Waals surface area contributed by atoms with Crippen molar-refractivity contribution >= 4 is 22.5 Å². The van der Waals surface area contributed by atoms with Crippen molar-refractivity contribution in [2.75, 3.05) is 31.2 Å². The van der Waals surface area contributed by atoms with E-state index >= 15 is 4.39 Å². The van der Waals surface area contributed by atoms with Gasteiger partial charge in [0.2, 0.25) is 5.43 Å². The third-order valence-electron chi connectivity index (χ3n) is 5.82. The molecule has 1 aromatic heterocycles. The molecule has 2 N–H and O–H groups in total. The fraction of sp³-hybridized carbons (Fsp3) is 0.360. The Labute approximate surface area is 191 Å². The lowest BCUT2D eigenvalue weighted by Crippen LogP contribution is -2.36. The zero-order chi connectivity index (χ0) is 23.4. The maximum atomic E-state index is 15.3. The van der Waals surface area contributed by atoms with Gasteiger partial charge in [-0.1, -0.05) is 30.3 Å². The Kier molecular flexibility index (Phi) is 7.05. The summed E-state index contributed by atoms with van der Waals surface area (Å²) >= 11 is 0. The molecule has 0 bridgehead atoms. The summed E-state index contributed by atoms with van der Waals surface area (Å²) in [6.07, 6.45) is 1.28. The number of benzene rings is 2. The lowest BCUT2D eigenvalue weighted by molar-refractivity contribution is 0.0949. The van der Waals surface area contributed by atoms with Crippen LogP contribution in [0.2, 0.25) is 0 Å². The molecule has 1 unspecified atom stereocenters. The van der Waals surface area contributed by atoms with Crippen LogP contribution in [0.1, 0.15) is 29.3 Å². The zero-order valence-corrected chi connectivity index (χ0v) is 18.6. The summed E-state index contributed by atoms with van der Waals surface area (Å²) in [7, 11) is 0. The molecule has 4 rings (SSSR count). The topological polar surface area (TPSA) is 83.8 Å². The van der Waals surface area contributed by atoms with E-state index in [2.05, 4.69) is 5.32 Å². The lowest BCUT2D eigenvalue weighted by atomic mass is 10.1. The summed E-state index contributed by atoms with van der Waals surface area (Å²) in [5.74, 6) is -1.23. The molecule has 1 amide bonds. The Balaban J connectivity index is 1.74. The van der Waals surface area contributed by atoms with E-state index in [4.69, 9.17) is 4.74 Å². The smallest absolute Gasteiger partial charge is 0.257 e. The number of aliphatic hydroxyl groups excluding tert-OH is 1. The van der Waals surface area contributed by atoms with E-state index < -0.39 is 23.3 Å². The first-order valence-electron chi connectivity index (χ1n) is 11.1. The molecular weight excluding hydrogens is 425 g/mol. The van der Waals surface area contributed by atoms with Gasteiger partial charge in [0.1, 0.15) is 11.4 Å². The number of carbonyl (C=O) groups is 1. The molecule has 8 heteroatoms. The third-order valence-corrected chi connectivity index (χ3v) is 5.82. The number of aryl methyl sites for hydroxylation is 1. The Hall–Kier alpha value is -3.23. The average Bonchev–Trinajstić information content (AvgIpc) is 2.83. The van der Waals surface area contributed by atoms with Gasteiger partial charge < -0.3 is 24.6 Å². The number of hydrogen-bond acceptors (Lipinski definition) is 5. The molecule has 0 radical (unpaired) electrons. The van der Waals surface area contributed by atoms with Gasteiger partial charge in [-0.15, -0.1) is 0 Å². The highest BCUT2D eigenvalue weighted by Gasteiger charge is 2.21. The summed E-state index contributed by atoms with van der Waals surface area (Å²) in [4.78, 5) is 28.1. The first-order valence-corrected chi connectivity index (χ1v) is 11.1. The van der Waals surface area contributed by atoms with Crippen molar-refractivity contribution in [2.24, 2.45) is 0 Å². The van der Waals surface area contributed by atoms with Crippen LogP contribution < -0.4 is 15.6 Å². The zero-order valence-electron chi connectivity index (χ0n) is 18.6. The standard InChI is InChI=1S/C25H28FN3O4/c1-17(30)7-8-29-16-20(25(32)27-15-18-5-3-2-4-6-18)24(31)23-21(26)13-19(14-22(23)29)28-9-11-33-12-10-28/h2-6,13-14,16-17,30H,7-12,15H2,1H3,(H,27,32). The number of morpholine rings is 1. The summed E-state index contributed by atoms with van der Waals surface area (Å²) in [5, 5.41) is 12.4. The highest BCUT2D eigenvalue weighted by Crippen LogP contribution is 2.25. The van der Waals surface area contributed by atoms with E-state index in [0.29, 0.717) is 50.5 Å². The minimum absolute atomic E-state index is 0.120. The molecule has 2 aromatic carbocycles.